The summed E-state index contributed by atoms with van der Waals surface area (Å²) in [6.07, 6.45) is 4.10. The molecule has 5 rings (SSSR count). The lowest BCUT2D eigenvalue weighted by atomic mass is 9.88. The molecule has 2 fully saturated rings. The van der Waals surface area contributed by atoms with E-state index in [2.05, 4.69) is 82.7 Å². The van der Waals surface area contributed by atoms with E-state index < -0.39 is 0 Å². The van der Waals surface area contributed by atoms with E-state index in [1.165, 1.54) is 24.0 Å². The van der Waals surface area contributed by atoms with Crippen molar-refractivity contribution >= 4 is 17.5 Å². The Hall–Kier alpha value is -3.29. The van der Waals surface area contributed by atoms with E-state index in [0.717, 1.165) is 42.3 Å². The molecular formula is C30H39N7. The summed E-state index contributed by atoms with van der Waals surface area (Å²) < 4.78 is 0. The van der Waals surface area contributed by atoms with Gasteiger partial charge in [0.2, 0.25) is 0 Å². The molecule has 2 atom stereocenters. The van der Waals surface area contributed by atoms with Gasteiger partial charge >= 0.3 is 0 Å². The Balaban J connectivity index is 1.23. The summed E-state index contributed by atoms with van der Waals surface area (Å²) in [4.78, 5) is 16.6. The molecule has 7 nitrogen and oxygen atoms in total. The number of hydrogen-bond donors (Lipinski definition) is 3. The number of piperidine rings is 1. The highest BCUT2D eigenvalue weighted by molar-refractivity contribution is 5.98. The maximum Gasteiger partial charge on any atom is 0.157 e. The van der Waals surface area contributed by atoms with Gasteiger partial charge in [0.05, 0.1) is 5.69 Å². The molecule has 0 amide bonds. The molecule has 4 heterocycles. The van der Waals surface area contributed by atoms with Crippen molar-refractivity contribution in [3.8, 4) is 0 Å². The summed E-state index contributed by atoms with van der Waals surface area (Å²) in [5, 5.41) is 6.67. The average molecular weight is 498 g/mol. The lowest BCUT2D eigenvalue weighted by Gasteiger charge is -2.36. The molecule has 2 aliphatic heterocycles. The van der Waals surface area contributed by atoms with Gasteiger partial charge in [-0.3, -0.25) is 4.90 Å². The first-order chi connectivity index (χ1) is 17.9. The highest BCUT2D eigenvalue weighted by atomic mass is 15.2. The van der Waals surface area contributed by atoms with Crippen LogP contribution < -0.4 is 16.4 Å². The zero-order valence-corrected chi connectivity index (χ0v) is 22.4. The van der Waals surface area contributed by atoms with Gasteiger partial charge in [0.15, 0.2) is 5.82 Å². The minimum atomic E-state index is 0.225. The largest absolute Gasteiger partial charge is 0.383 e. The van der Waals surface area contributed by atoms with Crippen LogP contribution >= 0.6 is 0 Å². The number of hydrogen-bond acceptors (Lipinski definition) is 6. The van der Waals surface area contributed by atoms with Gasteiger partial charge in [0, 0.05) is 36.4 Å². The van der Waals surface area contributed by atoms with Crippen molar-refractivity contribution in [3.63, 3.8) is 0 Å². The molecule has 0 saturated carbocycles. The number of nitrogens with two attached hydrogens (primary N) is 1. The van der Waals surface area contributed by atoms with E-state index in [1.54, 1.807) is 6.20 Å². The summed E-state index contributed by atoms with van der Waals surface area (Å²) in [6, 6.07) is 18.5. The number of aliphatic imine (C=N–C) groups is 1. The molecule has 2 aliphatic rings. The summed E-state index contributed by atoms with van der Waals surface area (Å²) in [5.41, 5.74) is 12.1. The predicted molar refractivity (Wildman–Crippen MR) is 152 cm³/mol. The zero-order chi connectivity index (χ0) is 25.9. The molecule has 0 radical (unpaired) electrons. The molecule has 37 heavy (non-hydrogen) atoms. The number of benzene rings is 1. The third-order valence-corrected chi connectivity index (χ3v) is 7.54. The molecule has 1 aromatic carbocycles. The Labute approximate surface area is 220 Å². The zero-order valence-electron chi connectivity index (χ0n) is 22.4. The molecule has 0 spiro atoms. The monoisotopic (exact) mass is 497 g/mol. The van der Waals surface area contributed by atoms with Gasteiger partial charge in [-0.05, 0) is 94.4 Å². The van der Waals surface area contributed by atoms with Gasteiger partial charge < -0.3 is 16.4 Å². The van der Waals surface area contributed by atoms with E-state index in [-0.39, 0.29) is 6.04 Å². The minimum absolute atomic E-state index is 0.225. The third kappa shape index (κ3) is 6.17. The summed E-state index contributed by atoms with van der Waals surface area (Å²) in [6.45, 7) is 11.7. The van der Waals surface area contributed by atoms with Gasteiger partial charge in [-0.2, -0.15) is 0 Å². The third-order valence-electron chi connectivity index (χ3n) is 7.54. The van der Waals surface area contributed by atoms with Crippen molar-refractivity contribution < 1.29 is 0 Å². The van der Waals surface area contributed by atoms with Crippen molar-refractivity contribution in [1.29, 1.82) is 0 Å². The summed E-state index contributed by atoms with van der Waals surface area (Å²) in [5.74, 6) is 2.55. The van der Waals surface area contributed by atoms with E-state index in [0.29, 0.717) is 29.7 Å². The summed E-state index contributed by atoms with van der Waals surface area (Å²) >= 11 is 0. The van der Waals surface area contributed by atoms with Gasteiger partial charge in [-0.15, -0.1) is 0 Å². The van der Waals surface area contributed by atoms with Crippen molar-refractivity contribution in [1.82, 2.24) is 20.2 Å². The first-order valence-corrected chi connectivity index (χ1v) is 13.5. The van der Waals surface area contributed by atoms with E-state index in [9.17, 15) is 0 Å². The quantitative estimate of drug-likeness (QED) is 0.224. The van der Waals surface area contributed by atoms with Crippen LogP contribution in [0, 0.1) is 6.92 Å². The first kappa shape index (κ1) is 25.4. The van der Waals surface area contributed by atoms with Crippen molar-refractivity contribution in [2.24, 2.45) is 10.7 Å². The second-order valence-corrected chi connectivity index (χ2v) is 10.7. The SMILES string of the molecule is Cc1ccc(C(C)N2CCC(c3ccc(C4CN4)cc3)CC2)nc1/N=C(\N)c1ccc(NC(C)C)nc1. The number of aryl methyl sites for hydroxylation is 1. The van der Waals surface area contributed by atoms with Crippen LogP contribution in [0.5, 0.6) is 0 Å². The second kappa shape index (κ2) is 11.0. The number of anilines is 1. The molecule has 2 saturated heterocycles. The highest BCUT2D eigenvalue weighted by Gasteiger charge is 2.26. The molecule has 4 N–H and O–H groups in total. The molecule has 2 aromatic heterocycles. The molecule has 0 aliphatic carbocycles. The Morgan fingerprint density at radius 1 is 1.03 bits per heavy atom. The standard InChI is InChI=1S/C30H39N7/c1-19(2)34-28-12-10-25(17-33-28)29(31)36-30-20(3)5-11-26(35-30)21(4)37-15-13-23(14-16-37)22-6-8-24(9-7-22)27-18-32-27/h5-12,17,19,21,23,27,32H,13-16,18H2,1-4H3,(H,33,34)(H2,31,35,36). The number of aromatic nitrogens is 2. The van der Waals surface area contributed by atoms with Gasteiger partial charge in [-0.25, -0.2) is 15.0 Å². The number of nitrogens with one attached hydrogen (secondary N) is 2. The lowest BCUT2D eigenvalue weighted by molar-refractivity contribution is 0.160. The van der Waals surface area contributed by atoms with Crippen LogP contribution in [-0.4, -0.2) is 46.4 Å². The van der Waals surface area contributed by atoms with Crippen LogP contribution in [0.1, 0.15) is 79.6 Å². The first-order valence-electron chi connectivity index (χ1n) is 13.5. The van der Waals surface area contributed by atoms with Crippen molar-refractivity contribution in [2.45, 2.75) is 64.6 Å². The van der Waals surface area contributed by atoms with Crippen molar-refractivity contribution in [2.75, 3.05) is 25.0 Å². The van der Waals surface area contributed by atoms with E-state index >= 15 is 0 Å². The maximum atomic E-state index is 6.35. The fourth-order valence-corrected chi connectivity index (χ4v) is 5.09. The molecule has 194 valence electrons. The fraction of sp³-hybridized carbons (Fsp3) is 0.433. The molecular weight excluding hydrogens is 458 g/mol. The smallest absolute Gasteiger partial charge is 0.157 e. The maximum absolute atomic E-state index is 6.35. The number of rotatable bonds is 8. The van der Waals surface area contributed by atoms with Crippen LogP contribution in [0.2, 0.25) is 0 Å². The Kier molecular flexibility index (Phi) is 7.53. The van der Waals surface area contributed by atoms with Gasteiger partial charge in [0.25, 0.3) is 0 Å². The van der Waals surface area contributed by atoms with Crippen LogP contribution in [0.4, 0.5) is 11.6 Å². The predicted octanol–water partition coefficient (Wildman–Crippen LogP) is 5.23. The van der Waals surface area contributed by atoms with Crippen LogP contribution in [0.15, 0.2) is 59.7 Å². The topological polar surface area (TPSA) is 101 Å². The van der Waals surface area contributed by atoms with E-state index in [4.69, 9.17) is 10.7 Å². The lowest BCUT2D eigenvalue weighted by Crippen LogP contribution is -2.35. The second-order valence-electron chi connectivity index (χ2n) is 10.7. The Morgan fingerprint density at radius 2 is 1.73 bits per heavy atom. The van der Waals surface area contributed by atoms with Gasteiger partial charge in [-0.1, -0.05) is 30.3 Å². The number of likely N-dealkylation sites (tertiary alicyclic amines) is 1. The Morgan fingerprint density at radius 3 is 2.35 bits per heavy atom. The number of pyridine rings is 2. The Bertz CT molecular complexity index is 1220. The van der Waals surface area contributed by atoms with Crippen molar-refractivity contribution in [3.05, 3.63) is 82.7 Å². The minimum Gasteiger partial charge on any atom is -0.383 e. The average Bonchev–Trinajstić information content (AvgIpc) is 3.76. The van der Waals surface area contributed by atoms with Crippen LogP contribution in [0.3, 0.4) is 0 Å². The van der Waals surface area contributed by atoms with E-state index in [1.807, 2.05) is 19.1 Å². The van der Waals surface area contributed by atoms with Crippen LogP contribution in [0.25, 0.3) is 0 Å². The summed E-state index contributed by atoms with van der Waals surface area (Å²) in [7, 11) is 0. The normalized spacial score (nSPS) is 19.7. The fourth-order valence-electron chi connectivity index (χ4n) is 5.09. The molecule has 7 heteroatoms. The highest BCUT2D eigenvalue weighted by Crippen LogP contribution is 2.33. The molecule has 3 aromatic rings. The number of nitrogens with zero attached hydrogens (tertiary/aromatic N) is 4. The molecule has 0 bridgehead atoms. The van der Waals surface area contributed by atoms with Crippen LogP contribution in [-0.2, 0) is 0 Å². The van der Waals surface area contributed by atoms with Gasteiger partial charge in [0.1, 0.15) is 11.7 Å². The number of amidine groups is 1. The molecule has 2 unspecified atom stereocenters.